The summed E-state index contributed by atoms with van der Waals surface area (Å²) in [6.07, 6.45) is 2.16. The summed E-state index contributed by atoms with van der Waals surface area (Å²) in [4.78, 5) is 9.60. The second kappa shape index (κ2) is 7.25. The largest absolute Gasteiger partial charge is 0.394 e. The first-order chi connectivity index (χ1) is 3.31. The van der Waals surface area contributed by atoms with Gasteiger partial charge in [0.1, 0.15) is 6.29 Å². The number of rotatable bonds is 3. The van der Waals surface area contributed by atoms with Gasteiger partial charge in [0, 0.05) is 32.7 Å². The summed E-state index contributed by atoms with van der Waals surface area (Å²) in [5.41, 5.74) is 0.412. The van der Waals surface area contributed by atoms with Crippen molar-refractivity contribution >= 4 is 6.29 Å². The Kier molecular flexibility index (Phi) is 10.1. The van der Waals surface area contributed by atoms with Crippen LogP contribution in [0.15, 0.2) is 11.6 Å². The molecule has 0 amide bonds. The zero-order chi connectivity index (χ0) is 5.70. The Morgan fingerprint density at radius 3 is 2.25 bits per heavy atom. The van der Waals surface area contributed by atoms with E-state index in [1.807, 2.05) is 0 Å². The van der Waals surface area contributed by atoms with Crippen LogP contribution in [-0.4, -0.2) is 6.29 Å². The molecule has 0 aliphatic heterocycles. The molecule has 0 atom stereocenters. The van der Waals surface area contributed by atoms with E-state index in [2.05, 4.69) is 0 Å². The quantitative estimate of drug-likeness (QED) is 0.361. The van der Waals surface area contributed by atoms with Crippen LogP contribution in [0.1, 0.15) is 6.42 Å². The van der Waals surface area contributed by atoms with E-state index >= 15 is 0 Å². The average Bonchev–Trinajstić information content (AvgIpc) is 1.68. The predicted molar refractivity (Wildman–Crippen MR) is 27.4 cm³/mol. The van der Waals surface area contributed by atoms with Gasteiger partial charge in [0.15, 0.2) is 0 Å². The van der Waals surface area contributed by atoms with Crippen LogP contribution in [0.2, 0.25) is 0 Å². The predicted octanol–water partition coefficient (Wildman–Crippen LogP) is 0.921. The maximum Gasteiger partial charge on any atom is 0.104 e. The van der Waals surface area contributed by atoms with Gasteiger partial charge in [-0.15, -0.1) is 0 Å². The molecule has 0 fully saturated rings. The van der Waals surface area contributed by atoms with Gasteiger partial charge in [0.25, 0.3) is 0 Å². The molecule has 0 spiro atoms. The summed E-state index contributed by atoms with van der Waals surface area (Å²) >= 11 is 0. The van der Waals surface area contributed by atoms with Crippen molar-refractivity contribution in [3.8, 4) is 0 Å². The summed E-state index contributed by atoms with van der Waals surface area (Å²) in [7, 11) is 0. The summed E-state index contributed by atoms with van der Waals surface area (Å²) in [6, 6.07) is 0. The van der Waals surface area contributed by atoms with E-state index in [1.54, 1.807) is 0 Å². The number of carbonyl (C=O) groups is 1. The van der Waals surface area contributed by atoms with Crippen molar-refractivity contribution in [3.63, 3.8) is 0 Å². The Hall–Kier alpha value is 0.254. The normalized spacial score (nSPS) is 6.50. The Bertz CT molecular complexity index is 96.7. The van der Waals surface area contributed by atoms with Crippen molar-refractivity contribution in [2.24, 2.45) is 0 Å². The van der Waals surface area contributed by atoms with Gasteiger partial charge in [0.05, 0.1) is 0 Å². The van der Waals surface area contributed by atoms with E-state index < -0.39 is 0 Å². The van der Waals surface area contributed by atoms with Crippen molar-refractivity contribution in [3.05, 3.63) is 24.8 Å². The van der Waals surface area contributed by atoms with E-state index in [0.29, 0.717) is 11.9 Å². The van der Waals surface area contributed by atoms with Gasteiger partial charge in [-0.3, -0.25) is 0 Å². The Labute approximate surface area is 74.7 Å². The maximum atomic E-state index is 9.60. The first-order valence-electron chi connectivity index (χ1n) is 1.91. The second-order valence-corrected chi connectivity index (χ2v) is 1.11. The minimum Gasteiger partial charge on any atom is -0.394 e. The minimum atomic E-state index is 0. The Morgan fingerprint density at radius 2 is 2.12 bits per heavy atom. The number of hydrogen-bond acceptors (Lipinski definition) is 1. The van der Waals surface area contributed by atoms with Crippen molar-refractivity contribution < 1.29 is 37.5 Å². The second-order valence-electron chi connectivity index (χ2n) is 1.11. The first-order valence-corrected chi connectivity index (χ1v) is 1.91. The Morgan fingerprint density at radius 1 is 1.62 bits per heavy atom. The minimum absolute atomic E-state index is 0. The average molecular weight is 183 g/mol. The molecule has 41 valence electrons. The zero-order valence-corrected chi connectivity index (χ0v) is 7.34. The van der Waals surface area contributed by atoms with Gasteiger partial charge in [-0.1, -0.05) is 6.42 Å². The number of aldehydes is 1. The summed E-state index contributed by atoms with van der Waals surface area (Å²) in [6.45, 7) is 10.0. The van der Waals surface area contributed by atoms with E-state index in [1.165, 1.54) is 6.08 Å². The Balaban J connectivity index is 0. The molecular weight excluding hydrogens is 177 g/mol. The molecule has 2 heteroatoms. The van der Waals surface area contributed by atoms with Crippen LogP contribution in [0, 0.1) is 13.2 Å². The van der Waals surface area contributed by atoms with Gasteiger partial charge in [-0.25, -0.2) is 0 Å². The zero-order valence-electron chi connectivity index (χ0n) is 4.50. The topological polar surface area (TPSA) is 17.1 Å². The monoisotopic (exact) mass is 183 g/mol. The fourth-order valence-electron chi connectivity index (χ4n) is 0.164. The van der Waals surface area contributed by atoms with E-state index in [9.17, 15) is 4.79 Å². The van der Waals surface area contributed by atoms with Gasteiger partial charge >= 0.3 is 0 Å². The fourth-order valence-corrected chi connectivity index (χ4v) is 0.164. The molecule has 0 saturated carbocycles. The standard InChI is InChI=1S/C6H6O.Y/c1-3-6(2)4-5-7;/h1-3,5H,4H2;/q-2;. The summed E-state index contributed by atoms with van der Waals surface area (Å²) in [5, 5.41) is 0. The number of hydrogen-bond donors (Lipinski definition) is 0. The molecule has 0 saturated heterocycles. The van der Waals surface area contributed by atoms with Crippen LogP contribution < -0.4 is 0 Å². The summed E-state index contributed by atoms with van der Waals surface area (Å²) < 4.78 is 0. The first kappa shape index (κ1) is 11.1. The molecule has 0 heterocycles. The molecule has 0 aromatic heterocycles. The number of allylic oxidation sites excluding steroid dienone is 2. The van der Waals surface area contributed by atoms with Gasteiger partial charge in [-0.2, -0.15) is 0 Å². The van der Waals surface area contributed by atoms with E-state index in [4.69, 9.17) is 13.2 Å². The van der Waals surface area contributed by atoms with Crippen molar-refractivity contribution in [1.29, 1.82) is 0 Å². The molecule has 0 aliphatic rings. The SMILES string of the molecule is [CH-]=CC(=[CH-])CC=O.[Y]. The molecule has 0 aliphatic carbocycles. The van der Waals surface area contributed by atoms with Crippen molar-refractivity contribution in [1.82, 2.24) is 0 Å². The number of carbonyl (C=O) groups excluding carboxylic acids is 1. The van der Waals surface area contributed by atoms with Crippen LogP contribution in [0.5, 0.6) is 0 Å². The molecule has 1 nitrogen and oxygen atoms in total. The van der Waals surface area contributed by atoms with Gasteiger partial charge in [0.2, 0.25) is 0 Å². The third-order valence-electron chi connectivity index (χ3n) is 0.533. The third-order valence-corrected chi connectivity index (χ3v) is 0.533. The fraction of sp³-hybridized carbons (Fsp3) is 0.167. The van der Waals surface area contributed by atoms with Crippen molar-refractivity contribution in [2.75, 3.05) is 0 Å². The molecular formula is C6H6OY-2. The molecule has 0 rings (SSSR count). The smallest absolute Gasteiger partial charge is 0.104 e. The van der Waals surface area contributed by atoms with Gasteiger partial charge in [-0.05, 0) is 0 Å². The van der Waals surface area contributed by atoms with Crippen LogP contribution in [-0.2, 0) is 37.5 Å². The molecule has 0 bridgehead atoms. The molecule has 0 aromatic carbocycles. The molecule has 8 heavy (non-hydrogen) atoms. The van der Waals surface area contributed by atoms with Crippen LogP contribution in [0.4, 0.5) is 0 Å². The molecule has 0 N–H and O–H groups in total. The van der Waals surface area contributed by atoms with Crippen LogP contribution in [0.3, 0.4) is 0 Å². The van der Waals surface area contributed by atoms with E-state index in [0.717, 1.165) is 0 Å². The van der Waals surface area contributed by atoms with Gasteiger partial charge < -0.3 is 29.6 Å². The van der Waals surface area contributed by atoms with Crippen LogP contribution >= 0.6 is 0 Å². The summed E-state index contributed by atoms with van der Waals surface area (Å²) in [5.74, 6) is 0. The third kappa shape index (κ3) is 6.25. The maximum absolute atomic E-state index is 9.60. The van der Waals surface area contributed by atoms with Crippen LogP contribution in [0.25, 0.3) is 0 Å². The molecule has 0 unspecified atom stereocenters. The van der Waals surface area contributed by atoms with E-state index in [-0.39, 0.29) is 39.1 Å². The molecule has 0 aromatic rings. The molecule has 1 radical (unpaired) electrons. The van der Waals surface area contributed by atoms with Crippen molar-refractivity contribution in [2.45, 2.75) is 6.42 Å².